The Hall–Kier alpha value is -4.31. The van der Waals surface area contributed by atoms with Crippen molar-refractivity contribution in [3.05, 3.63) is 98.8 Å². The molecule has 1 heterocycles. The monoisotopic (exact) mass is 368 g/mol. The van der Waals surface area contributed by atoms with Crippen molar-refractivity contribution >= 4 is 16.5 Å². The maximum atomic E-state index is 13.1. The zero-order chi connectivity index (χ0) is 19.7. The van der Waals surface area contributed by atoms with Crippen LogP contribution in [0.2, 0.25) is 0 Å². The van der Waals surface area contributed by atoms with Gasteiger partial charge in [0.1, 0.15) is 5.69 Å². The lowest BCUT2D eigenvalue weighted by molar-refractivity contribution is -0.384. The van der Waals surface area contributed by atoms with E-state index in [1.807, 2.05) is 42.5 Å². The minimum absolute atomic E-state index is 0.0111. The number of nitro groups is 1. The molecular formula is C21H12N4O3. The lowest BCUT2D eigenvalue weighted by atomic mass is 10.0. The number of benzene rings is 3. The van der Waals surface area contributed by atoms with Gasteiger partial charge in [-0.3, -0.25) is 14.9 Å². The highest BCUT2D eigenvalue weighted by Crippen LogP contribution is 2.27. The summed E-state index contributed by atoms with van der Waals surface area (Å²) < 4.78 is 1.03. The first-order valence-corrected chi connectivity index (χ1v) is 8.36. The van der Waals surface area contributed by atoms with Crippen molar-refractivity contribution in [1.82, 2.24) is 9.78 Å². The molecule has 0 saturated heterocycles. The number of hydrogen-bond acceptors (Lipinski definition) is 5. The van der Waals surface area contributed by atoms with Gasteiger partial charge in [0.25, 0.3) is 11.2 Å². The lowest BCUT2D eigenvalue weighted by Gasteiger charge is -2.11. The quantitative estimate of drug-likeness (QED) is 0.404. The molecule has 0 atom stereocenters. The number of fused-ring (bicyclic) bond motifs is 1. The minimum atomic E-state index is -0.623. The van der Waals surface area contributed by atoms with Crippen molar-refractivity contribution < 1.29 is 4.92 Å². The van der Waals surface area contributed by atoms with E-state index in [2.05, 4.69) is 5.10 Å². The molecule has 0 fully saturated rings. The van der Waals surface area contributed by atoms with Gasteiger partial charge in [0.15, 0.2) is 0 Å². The first kappa shape index (κ1) is 17.1. The van der Waals surface area contributed by atoms with Gasteiger partial charge < -0.3 is 0 Å². The fraction of sp³-hybridized carbons (Fsp3) is 0. The Bertz CT molecular complexity index is 1320. The molecule has 134 valence electrons. The fourth-order valence-corrected chi connectivity index (χ4v) is 3.08. The van der Waals surface area contributed by atoms with E-state index in [4.69, 9.17) is 5.26 Å². The van der Waals surface area contributed by atoms with Crippen LogP contribution in [0.3, 0.4) is 0 Å². The molecular weight excluding hydrogens is 356 g/mol. The van der Waals surface area contributed by atoms with Gasteiger partial charge in [-0.25, -0.2) is 0 Å². The number of hydrogen-bond donors (Lipinski definition) is 0. The summed E-state index contributed by atoms with van der Waals surface area (Å²) in [5.74, 6) is 0. The Balaban J connectivity index is 2.10. The van der Waals surface area contributed by atoms with Crippen LogP contribution in [0, 0.1) is 21.4 Å². The van der Waals surface area contributed by atoms with Crippen LogP contribution in [-0.2, 0) is 0 Å². The van der Waals surface area contributed by atoms with Gasteiger partial charge >= 0.3 is 0 Å². The van der Waals surface area contributed by atoms with Gasteiger partial charge in [-0.15, -0.1) is 0 Å². The van der Waals surface area contributed by atoms with Crippen LogP contribution in [0.1, 0.15) is 5.56 Å². The first-order chi connectivity index (χ1) is 13.6. The minimum Gasteiger partial charge on any atom is -0.267 e. The van der Waals surface area contributed by atoms with E-state index < -0.39 is 10.5 Å². The van der Waals surface area contributed by atoms with Gasteiger partial charge in [-0.1, -0.05) is 48.5 Å². The molecule has 0 aliphatic rings. The second-order valence-electron chi connectivity index (χ2n) is 6.05. The average molecular weight is 368 g/mol. The highest BCUT2D eigenvalue weighted by Gasteiger charge is 2.21. The Kier molecular flexibility index (Phi) is 4.14. The molecule has 0 spiro atoms. The molecule has 4 rings (SSSR count). The molecule has 0 N–H and O–H groups in total. The van der Waals surface area contributed by atoms with E-state index in [1.54, 1.807) is 18.2 Å². The van der Waals surface area contributed by atoms with Crippen molar-refractivity contribution in [2.24, 2.45) is 0 Å². The zero-order valence-corrected chi connectivity index (χ0v) is 14.4. The second-order valence-corrected chi connectivity index (χ2v) is 6.05. The summed E-state index contributed by atoms with van der Waals surface area (Å²) >= 11 is 0. The number of nitrogens with zero attached hydrogens (tertiary/aromatic N) is 4. The largest absolute Gasteiger partial charge is 0.296 e. The average Bonchev–Trinajstić information content (AvgIpc) is 2.74. The van der Waals surface area contributed by atoms with Crippen molar-refractivity contribution in [2.45, 2.75) is 0 Å². The maximum absolute atomic E-state index is 13.1. The summed E-state index contributed by atoms with van der Waals surface area (Å²) in [5.41, 5.74) is 0.633. The smallest absolute Gasteiger partial charge is 0.267 e. The molecule has 0 amide bonds. The second kappa shape index (κ2) is 6.78. The summed E-state index contributed by atoms with van der Waals surface area (Å²) in [6.45, 7) is 0. The SMILES string of the molecule is N#Cc1ccc(-n2nc(-c3ccccc3)c3ccccc3c2=O)c([N+](=O)[O-])c1. The molecule has 3 aromatic carbocycles. The predicted octanol–water partition coefficient (Wildman–Crippen LogP) is 3.83. The number of nitriles is 1. The Morgan fingerprint density at radius 3 is 2.32 bits per heavy atom. The fourth-order valence-electron chi connectivity index (χ4n) is 3.08. The lowest BCUT2D eigenvalue weighted by Crippen LogP contribution is -2.23. The highest BCUT2D eigenvalue weighted by molar-refractivity contribution is 5.94. The molecule has 0 aliphatic heterocycles. The highest BCUT2D eigenvalue weighted by atomic mass is 16.6. The first-order valence-electron chi connectivity index (χ1n) is 8.36. The molecule has 4 aromatic rings. The molecule has 7 nitrogen and oxygen atoms in total. The molecule has 7 heteroatoms. The van der Waals surface area contributed by atoms with Crippen LogP contribution >= 0.6 is 0 Å². The molecule has 0 unspecified atom stereocenters. The van der Waals surface area contributed by atoms with Gasteiger partial charge in [0.05, 0.1) is 27.6 Å². The van der Waals surface area contributed by atoms with E-state index in [9.17, 15) is 14.9 Å². The van der Waals surface area contributed by atoms with Crippen LogP contribution in [-0.4, -0.2) is 14.7 Å². The summed E-state index contributed by atoms with van der Waals surface area (Å²) in [4.78, 5) is 24.0. The summed E-state index contributed by atoms with van der Waals surface area (Å²) in [6.07, 6.45) is 0. The molecule has 0 bridgehead atoms. The van der Waals surface area contributed by atoms with Crippen molar-refractivity contribution in [2.75, 3.05) is 0 Å². The zero-order valence-electron chi connectivity index (χ0n) is 14.4. The Morgan fingerprint density at radius 1 is 0.964 bits per heavy atom. The van der Waals surface area contributed by atoms with Gasteiger partial charge in [-0.05, 0) is 18.2 Å². The third-order valence-electron chi connectivity index (χ3n) is 4.38. The number of nitro benzene ring substituents is 1. The Morgan fingerprint density at radius 2 is 1.64 bits per heavy atom. The maximum Gasteiger partial charge on any atom is 0.296 e. The summed E-state index contributed by atoms with van der Waals surface area (Å²) in [7, 11) is 0. The van der Waals surface area contributed by atoms with Gasteiger partial charge in [0, 0.05) is 17.0 Å². The molecule has 0 aliphatic carbocycles. The third kappa shape index (κ3) is 2.79. The van der Waals surface area contributed by atoms with Gasteiger partial charge in [0.2, 0.25) is 0 Å². The van der Waals surface area contributed by atoms with E-state index in [0.717, 1.165) is 16.3 Å². The van der Waals surface area contributed by atoms with Crippen LogP contribution in [0.25, 0.3) is 27.7 Å². The molecule has 0 radical (unpaired) electrons. The van der Waals surface area contributed by atoms with Gasteiger partial charge in [-0.2, -0.15) is 15.0 Å². The molecule has 0 saturated carbocycles. The predicted molar refractivity (Wildman–Crippen MR) is 104 cm³/mol. The van der Waals surface area contributed by atoms with E-state index in [-0.39, 0.29) is 16.9 Å². The molecule has 28 heavy (non-hydrogen) atoms. The molecule has 1 aromatic heterocycles. The number of aromatic nitrogens is 2. The van der Waals surface area contributed by atoms with E-state index in [1.165, 1.54) is 12.1 Å². The summed E-state index contributed by atoms with van der Waals surface area (Å²) in [6, 6.07) is 22.1. The third-order valence-corrected chi connectivity index (χ3v) is 4.38. The van der Waals surface area contributed by atoms with E-state index >= 15 is 0 Å². The van der Waals surface area contributed by atoms with Crippen LogP contribution in [0.4, 0.5) is 5.69 Å². The van der Waals surface area contributed by atoms with Crippen molar-refractivity contribution in [3.63, 3.8) is 0 Å². The van der Waals surface area contributed by atoms with E-state index in [0.29, 0.717) is 16.5 Å². The normalized spacial score (nSPS) is 10.5. The van der Waals surface area contributed by atoms with Crippen LogP contribution < -0.4 is 5.56 Å². The van der Waals surface area contributed by atoms with Crippen LogP contribution in [0.15, 0.2) is 77.6 Å². The summed E-state index contributed by atoms with van der Waals surface area (Å²) in [5, 5.41) is 26.1. The topological polar surface area (TPSA) is 102 Å². The Labute approximate surface area is 158 Å². The number of rotatable bonds is 3. The van der Waals surface area contributed by atoms with Crippen molar-refractivity contribution in [3.8, 4) is 23.0 Å². The van der Waals surface area contributed by atoms with Crippen LogP contribution in [0.5, 0.6) is 0 Å². The van der Waals surface area contributed by atoms with Crippen molar-refractivity contribution in [1.29, 1.82) is 5.26 Å². The standard InChI is InChI=1S/C21H12N4O3/c22-13-14-10-11-18(19(12-14)25(27)28)24-21(26)17-9-5-4-8-16(17)20(23-24)15-6-2-1-3-7-15/h1-12H.